The second kappa shape index (κ2) is 144. The van der Waals surface area contributed by atoms with Gasteiger partial charge in [0.15, 0.2) is 0 Å². The molecule has 0 saturated heterocycles. The van der Waals surface area contributed by atoms with Crippen molar-refractivity contribution < 1.29 is 9.41 Å². The Labute approximate surface area is 48.6 Å². The maximum absolute atomic E-state index is 0. The van der Waals surface area contributed by atoms with Crippen molar-refractivity contribution in [2.75, 3.05) is 0 Å². The van der Waals surface area contributed by atoms with Gasteiger partial charge in [0.1, 0.15) is 0 Å². The number of hydrogen-bond donors (Lipinski definition) is 0. The van der Waals surface area contributed by atoms with E-state index in [0.717, 1.165) is 0 Å². The first-order valence-electron chi connectivity index (χ1n) is 0. The van der Waals surface area contributed by atoms with Crippen LogP contribution in [0, 0.1) is 0 Å². The molecular weight excluding hydrogens is 181 g/mol. The maximum atomic E-state index is 0. The van der Waals surface area contributed by atoms with E-state index in [1.165, 1.54) is 0 Å². The van der Waals surface area contributed by atoms with Crippen molar-refractivity contribution in [3.8, 4) is 0 Å². The zero-order valence-corrected chi connectivity index (χ0v) is 4.11. The van der Waals surface area contributed by atoms with Crippen LogP contribution in [0.5, 0.6) is 0 Å². The third-order valence-electron chi connectivity index (χ3n) is 0. The van der Waals surface area contributed by atoms with Crippen LogP contribution in [0.25, 0.3) is 0 Å². The third-order valence-corrected chi connectivity index (χ3v) is 0. The summed E-state index contributed by atoms with van der Waals surface area (Å²) in [4.78, 5) is 0. The van der Waals surface area contributed by atoms with Gasteiger partial charge in [-0.15, -0.1) is 0 Å². The first kappa shape index (κ1) is 283. The van der Waals surface area contributed by atoms with Gasteiger partial charge in [-0.1, -0.05) is 14.9 Å². The Morgan fingerprint density at radius 1 is 0.600 bits per heavy atom. The topological polar surface area (TPSA) is 0 Å². The van der Waals surface area contributed by atoms with Crippen molar-refractivity contribution in [1.29, 1.82) is 0 Å². The van der Waals surface area contributed by atoms with E-state index < -0.39 is 0 Å². The summed E-state index contributed by atoms with van der Waals surface area (Å²) in [5.41, 5.74) is 0. The smallest absolute Gasteiger partial charge is 1.00 e. The van der Waals surface area contributed by atoms with Crippen LogP contribution in [0.2, 0.25) is 0 Å². The van der Waals surface area contributed by atoms with E-state index in [4.69, 9.17) is 0 Å². The molecular formula is C2H8F2Sn. The van der Waals surface area contributed by atoms with E-state index >= 15 is 0 Å². The second-order valence-corrected chi connectivity index (χ2v) is 0. The van der Waals surface area contributed by atoms with Crippen molar-refractivity contribution in [3.63, 3.8) is 0 Å². The largest absolute Gasteiger partial charge is 2.00 e. The number of halogens is 2. The van der Waals surface area contributed by atoms with Gasteiger partial charge < -0.3 is 9.41 Å². The van der Waals surface area contributed by atoms with Gasteiger partial charge in [0.05, 0.1) is 0 Å². The maximum Gasteiger partial charge on any atom is 2.00 e. The van der Waals surface area contributed by atoms with Crippen molar-refractivity contribution in [2.45, 2.75) is 14.9 Å². The Hall–Kier alpha value is 0.659. The quantitative estimate of drug-likeness (QED) is 0.334. The molecule has 0 heterocycles. The summed E-state index contributed by atoms with van der Waals surface area (Å²) in [5.74, 6) is 0. The molecule has 0 fully saturated rings. The molecule has 0 spiro atoms. The van der Waals surface area contributed by atoms with Gasteiger partial charge in [-0.3, -0.25) is 0 Å². The van der Waals surface area contributed by atoms with E-state index in [2.05, 4.69) is 0 Å². The van der Waals surface area contributed by atoms with Crippen LogP contribution in [0.3, 0.4) is 0 Å². The van der Waals surface area contributed by atoms with Crippen LogP contribution >= 0.6 is 0 Å². The fraction of sp³-hybridized carbons (Fsp3) is 1.00. The molecule has 0 aromatic rings. The fourth-order valence-corrected chi connectivity index (χ4v) is 0. The molecule has 2 radical (unpaired) electrons. The summed E-state index contributed by atoms with van der Waals surface area (Å²) in [6.07, 6.45) is 0. The van der Waals surface area contributed by atoms with Gasteiger partial charge in [-0.05, 0) is 0 Å². The Bertz CT molecular complexity index is 7.61. The van der Waals surface area contributed by atoms with Gasteiger partial charge in [0, 0.05) is 0 Å². The van der Waals surface area contributed by atoms with Crippen molar-refractivity contribution in [2.24, 2.45) is 0 Å². The molecule has 0 aromatic heterocycles. The van der Waals surface area contributed by atoms with Crippen LogP contribution in [0.1, 0.15) is 14.9 Å². The SMILES string of the molecule is C.C.[F-].[F-].[Sn+2]. The predicted octanol–water partition coefficient (Wildman–Crippen LogP) is -5.10. The summed E-state index contributed by atoms with van der Waals surface area (Å²) < 4.78 is 0. The standard InChI is InChI=1S/2CH4.2FH.Sn/h2*1H4;2*1H;/q;;;;+2/p-2. The molecule has 0 aliphatic carbocycles. The van der Waals surface area contributed by atoms with E-state index in [9.17, 15) is 0 Å². The third kappa shape index (κ3) is 75.9. The van der Waals surface area contributed by atoms with E-state index in [0.29, 0.717) is 0 Å². The zero-order valence-electron chi connectivity index (χ0n) is 1.26. The Balaban J connectivity index is 0. The van der Waals surface area contributed by atoms with Crippen LogP contribution in [0.15, 0.2) is 0 Å². The monoisotopic (exact) mass is 190 g/mol. The van der Waals surface area contributed by atoms with Crippen molar-refractivity contribution in [3.05, 3.63) is 0 Å². The summed E-state index contributed by atoms with van der Waals surface area (Å²) in [5, 5.41) is 0. The average Bonchev–Trinajstić information content (AvgIpc) is 0. The summed E-state index contributed by atoms with van der Waals surface area (Å²) in [6.45, 7) is 0. The molecule has 34 valence electrons. The first-order valence-corrected chi connectivity index (χ1v) is 0. The molecule has 0 aliphatic rings. The van der Waals surface area contributed by atoms with Gasteiger partial charge in [0.25, 0.3) is 0 Å². The van der Waals surface area contributed by atoms with E-state index in [1.54, 1.807) is 0 Å². The molecule has 0 aromatic carbocycles. The molecule has 3 heteroatoms. The van der Waals surface area contributed by atoms with Gasteiger partial charge >= 0.3 is 23.9 Å². The van der Waals surface area contributed by atoms with Gasteiger partial charge in [0.2, 0.25) is 0 Å². The second-order valence-electron chi connectivity index (χ2n) is 0. The van der Waals surface area contributed by atoms with Crippen LogP contribution < -0.4 is 9.41 Å². The van der Waals surface area contributed by atoms with Crippen molar-refractivity contribution >= 4 is 23.9 Å². The molecule has 5 heavy (non-hydrogen) atoms. The Morgan fingerprint density at radius 2 is 0.600 bits per heavy atom. The first-order chi connectivity index (χ1) is 0. The predicted molar refractivity (Wildman–Crippen MR) is 19.2 cm³/mol. The Morgan fingerprint density at radius 3 is 0.600 bits per heavy atom. The van der Waals surface area contributed by atoms with E-state index in [-0.39, 0.29) is 48.2 Å². The minimum atomic E-state index is 0. The summed E-state index contributed by atoms with van der Waals surface area (Å²) >= 11 is 0. The van der Waals surface area contributed by atoms with Crippen LogP contribution in [-0.4, -0.2) is 23.9 Å². The van der Waals surface area contributed by atoms with E-state index in [1.807, 2.05) is 0 Å². The molecule has 0 nitrogen and oxygen atoms in total. The molecule has 0 rings (SSSR count). The molecule has 0 unspecified atom stereocenters. The molecule has 0 atom stereocenters. The fourth-order valence-electron chi connectivity index (χ4n) is 0. The molecule has 0 bridgehead atoms. The minimum Gasteiger partial charge on any atom is -1.00 e. The molecule has 0 amide bonds. The molecule has 0 saturated carbocycles. The van der Waals surface area contributed by atoms with Gasteiger partial charge in [-0.2, -0.15) is 0 Å². The molecule has 0 N–H and O–H groups in total. The Kier molecular flexibility index (Phi) is 8140. The number of hydrogen-bond acceptors (Lipinski definition) is 0. The minimum absolute atomic E-state index is 0. The average molecular weight is 189 g/mol. The van der Waals surface area contributed by atoms with Crippen LogP contribution in [0.4, 0.5) is 0 Å². The number of rotatable bonds is 0. The van der Waals surface area contributed by atoms with Crippen molar-refractivity contribution in [1.82, 2.24) is 0 Å². The summed E-state index contributed by atoms with van der Waals surface area (Å²) in [7, 11) is 0. The van der Waals surface area contributed by atoms with Crippen LogP contribution in [-0.2, 0) is 0 Å². The zero-order chi connectivity index (χ0) is 0. The molecule has 0 aliphatic heterocycles. The van der Waals surface area contributed by atoms with Gasteiger partial charge in [-0.25, -0.2) is 0 Å². The normalized spacial score (nSPS) is 0. The summed E-state index contributed by atoms with van der Waals surface area (Å²) in [6, 6.07) is 0.